The molecule has 22 heavy (non-hydrogen) atoms. The Morgan fingerprint density at radius 3 is 2.00 bits per heavy atom. The first-order valence-electron chi connectivity index (χ1n) is 10.3. The van der Waals surface area contributed by atoms with Crippen LogP contribution in [0.15, 0.2) is 12.2 Å². The maximum Gasteiger partial charge on any atom is 0.0252 e. The van der Waals surface area contributed by atoms with Crippen LogP contribution in [-0.2, 0) is 0 Å². The van der Waals surface area contributed by atoms with E-state index in [2.05, 4.69) is 31.3 Å². The van der Waals surface area contributed by atoms with Crippen LogP contribution in [0.3, 0.4) is 0 Å². The topological polar surface area (TPSA) is 12.0 Å². The molecule has 1 heteroatoms. The highest BCUT2D eigenvalue weighted by Gasteiger charge is 2.14. The summed E-state index contributed by atoms with van der Waals surface area (Å²) in [6, 6.07) is 1.36. The zero-order valence-electron chi connectivity index (χ0n) is 15.4. The summed E-state index contributed by atoms with van der Waals surface area (Å²) in [7, 11) is 0. The average molecular weight is 308 g/mol. The summed E-state index contributed by atoms with van der Waals surface area (Å²) in [6.45, 7) is 4.60. The Morgan fingerprint density at radius 1 is 0.818 bits per heavy atom. The van der Waals surface area contributed by atoms with Gasteiger partial charge in [-0.3, -0.25) is 0 Å². The smallest absolute Gasteiger partial charge is 0.0252 e. The molecule has 1 fully saturated rings. The third kappa shape index (κ3) is 11.3. The van der Waals surface area contributed by atoms with Gasteiger partial charge in [0.05, 0.1) is 0 Å². The van der Waals surface area contributed by atoms with Gasteiger partial charge in [0.1, 0.15) is 0 Å². The molecular weight excluding hydrogens is 266 g/mol. The Kier molecular flexibility index (Phi) is 12.8. The van der Waals surface area contributed by atoms with Crippen molar-refractivity contribution in [2.24, 2.45) is 0 Å². The van der Waals surface area contributed by atoms with Crippen LogP contribution >= 0.6 is 0 Å². The fourth-order valence-electron chi connectivity index (χ4n) is 3.51. The van der Waals surface area contributed by atoms with Crippen molar-refractivity contribution in [2.75, 3.05) is 0 Å². The van der Waals surface area contributed by atoms with Crippen LogP contribution in [0, 0.1) is 0 Å². The molecule has 0 aromatic rings. The zero-order chi connectivity index (χ0) is 15.9. The highest BCUT2D eigenvalue weighted by molar-refractivity contribution is 4.96. The summed E-state index contributed by atoms with van der Waals surface area (Å²) >= 11 is 0. The first kappa shape index (κ1) is 19.7. The van der Waals surface area contributed by atoms with Gasteiger partial charge in [-0.25, -0.2) is 0 Å². The summed E-state index contributed by atoms with van der Waals surface area (Å²) < 4.78 is 0. The summed E-state index contributed by atoms with van der Waals surface area (Å²) in [5.74, 6) is 0. The van der Waals surface area contributed by atoms with Crippen molar-refractivity contribution >= 4 is 0 Å². The number of hydrogen-bond acceptors (Lipinski definition) is 1. The summed E-state index contributed by atoms with van der Waals surface area (Å²) in [4.78, 5) is 0. The SMILES string of the molecule is CCCCCCCCCCCCCC=C[C@H]1CCC[C@H](C)N1. The Bertz CT molecular complexity index is 259. The fourth-order valence-corrected chi connectivity index (χ4v) is 3.51. The van der Waals surface area contributed by atoms with E-state index in [4.69, 9.17) is 0 Å². The lowest BCUT2D eigenvalue weighted by molar-refractivity contribution is 0.374. The molecule has 0 unspecified atom stereocenters. The van der Waals surface area contributed by atoms with Gasteiger partial charge >= 0.3 is 0 Å². The van der Waals surface area contributed by atoms with E-state index in [1.165, 1.54) is 96.3 Å². The minimum Gasteiger partial charge on any atom is -0.308 e. The summed E-state index contributed by atoms with van der Waals surface area (Å²) in [5.41, 5.74) is 0. The monoisotopic (exact) mass is 307 g/mol. The number of nitrogens with one attached hydrogen (secondary N) is 1. The standard InChI is InChI=1S/C21H41N/c1-3-4-5-6-7-8-9-10-11-12-13-14-15-18-21-19-16-17-20(2)22-21/h15,18,20-22H,3-14,16-17,19H2,1-2H3/t20-,21-/m0/s1. The number of piperidine rings is 1. The number of unbranched alkanes of at least 4 members (excludes halogenated alkanes) is 11. The fraction of sp³-hybridized carbons (Fsp3) is 0.905. The van der Waals surface area contributed by atoms with E-state index in [1.54, 1.807) is 0 Å². The molecular formula is C21H41N. The van der Waals surface area contributed by atoms with E-state index in [1.807, 2.05) is 0 Å². The molecule has 1 aliphatic rings. The predicted molar refractivity (Wildman–Crippen MR) is 100 cm³/mol. The van der Waals surface area contributed by atoms with Gasteiger partial charge < -0.3 is 5.32 Å². The Hall–Kier alpha value is -0.300. The average Bonchev–Trinajstić information content (AvgIpc) is 2.52. The molecule has 1 rings (SSSR count). The Morgan fingerprint density at radius 2 is 1.41 bits per heavy atom. The second-order valence-corrected chi connectivity index (χ2v) is 7.36. The molecule has 0 aromatic carbocycles. The second kappa shape index (κ2) is 14.3. The van der Waals surface area contributed by atoms with Crippen LogP contribution < -0.4 is 5.32 Å². The van der Waals surface area contributed by atoms with E-state index in [0.29, 0.717) is 12.1 Å². The van der Waals surface area contributed by atoms with Crippen LogP contribution in [0.2, 0.25) is 0 Å². The molecule has 1 aliphatic heterocycles. The quantitative estimate of drug-likeness (QED) is 0.292. The van der Waals surface area contributed by atoms with Crippen LogP contribution in [0.5, 0.6) is 0 Å². The van der Waals surface area contributed by atoms with E-state index in [0.717, 1.165) is 0 Å². The molecule has 2 atom stereocenters. The molecule has 0 spiro atoms. The Balaban J connectivity index is 1.79. The van der Waals surface area contributed by atoms with Crippen molar-refractivity contribution < 1.29 is 0 Å². The van der Waals surface area contributed by atoms with Crippen LogP contribution in [-0.4, -0.2) is 12.1 Å². The van der Waals surface area contributed by atoms with Gasteiger partial charge in [-0.05, 0) is 32.6 Å². The van der Waals surface area contributed by atoms with Crippen molar-refractivity contribution in [3.63, 3.8) is 0 Å². The van der Waals surface area contributed by atoms with E-state index >= 15 is 0 Å². The first-order valence-corrected chi connectivity index (χ1v) is 10.3. The van der Waals surface area contributed by atoms with Crippen LogP contribution in [0.4, 0.5) is 0 Å². The molecule has 0 radical (unpaired) electrons. The lowest BCUT2D eigenvalue weighted by atomic mass is 9.99. The van der Waals surface area contributed by atoms with Crippen molar-refractivity contribution in [3.8, 4) is 0 Å². The molecule has 0 bridgehead atoms. The minimum absolute atomic E-state index is 0.649. The molecule has 1 saturated heterocycles. The maximum atomic E-state index is 3.67. The first-order chi connectivity index (χ1) is 10.8. The number of rotatable bonds is 13. The molecule has 0 aromatic heterocycles. The van der Waals surface area contributed by atoms with Gasteiger partial charge in [0.2, 0.25) is 0 Å². The predicted octanol–water partition coefficient (Wildman–Crippen LogP) is 6.77. The molecule has 0 saturated carbocycles. The lowest BCUT2D eigenvalue weighted by Gasteiger charge is -2.26. The molecule has 1 nitrogen and oxygen atoms in total. The third-order valence-electron chi connectivity index (χ3n) is 4.99. The molecule has 0 aliphatic carbocycles. The largest absolute Gasteiger partial charge is 0.308 e. The second-order valence-electron chi connectivity index (χ2n) is 7.36. The van der Waals surface area contributed by atoms with Crippen molar-refractivity contribution in [2.45, 2.75) is 122 Å². The van der Waals surface area contributed by atoms with E-state index in [-0.39, 0.29) is 0 Å². The highest BCUT2D eigenvalue weighted by atomic mass is 14.9. The molecule has 1 heterocycles. The minimum atomic E-state index is 0.649. The van der Waals surface area contributed by atoms with E-state index < -0.39 is 0 Å². The summed E-state index contributed by atoms with van der Waals surface area (Å²) in [5, 5.41) is 3.67. The van der Waals surface area contributed by atoms with Gasteiger partial charge in [-0.15, -0.1) is 0 Å². The highest BCUT2D eigenvalue weighted by Crippen LogP contribution is 2.14. The maximum absolute atomic E-state index is 3.67. The normalized spacial score (nSPS) is 22.5. The molecule has 0 amide bonds. The third-order valence-corrected chi connectivity index (χ3v) is 4.99. The number of hydrogen-bond donors (Lipinski definition) is 1. The van der Waals surface area contributed by atoms with Gasteiger partial charge in [0.25, 0.3) is 0 Å². The van der Waals surface area contributed by atoms with Crippen molar-refractivity contribution in [3.05, 3.63) is 12.2 Å². The van der Waals surface area contributed by atoms with Gasteiger partial charge in [0, 0.05) is 12.1 Å². The molecule has 1 N–H and O–H groups in total. The van der Waals surface area contributed by atoms with Gasteiger partial charge in [0.15, 0.2) is 0 Å². The number of allylic oxidation sites excluding steroid dienone is 1. The van der Waals surface area contributed by atoms with Gasteiger partial charge in [-0.2, -0.15) is 0 Å². The zero-order valence-corrected chi connectivity index (χ0v) is 15.4. The van der Waals surface area contributed by atoms with Crippen molar-refractivity contribution in [1.29, 1.82) is 0 Å². The van der Waals surface area contributed by atoms with Crippen LogP contribution in [0.25, 0.3) is 0 Å². The molecule has 130 valence electrons. The van der Waals surface area contributed by atoms with Crippen molar-refractivity contribution in [1.82, 2.24) is 5.32 Å². The van der Waals surface area contributed by atoms with Crippen LogP contribution in [0.1, 0.15) is 110 Å². The van der Waals surface area contributed by atoms with E-state index in [9.17, 15) is 0 Å². The summed E-state index contributed by atoms with van der Waals surface area (Å²) in [6.07, 6.45) is 26.0. The van der Waals surface area contributed by atoms with Gasteiger partial charge in [-0.1, -0.05) is 89.7 Å². The Labute approximate surface area is 140 Å². The lowest BCUT2D eigenvalue weighted by Crippen LogP contribution is -2.39.